The molecule has 3 aromatic carbocycles. The van der Waals surface area contributed by atoms with Crippen LogP contribution in [0.3, 0.4) is 0 Å². The predicted molar refractivity (Wildman–Crippen MR) is 152 cm³/mol. The summed E-state index contributed by atoms with van der Waals surface area (Å²) >= 11 is 0. The van der Waals surface area contributed by atoms with Gasteiger partial charge in [-0.05, 0) is 53.8 Å². The average molecular weight is 468 g/mol. The molecule has 0 bridgehead atoms. The second-order valence-electron chi connectivity index (χ2n) is 9.64. The van der Waals surface area contributed by atoms with Crippen LogP contribution in [0.25, 0.3) is 0 Å². The summed E-state index contributed by atoms with van der Waals surface area (Å²) in [5.74, 6) is 1.08. The molecule has 0 radical (unpaired) electrons. The number of fused-ring (bicyclic) bond motifs is 2. The van der Waals surface area contributed by atoms with Crippen LogP contribution >= 0.6 is 0 Å². The van der Waals surface area contributed by atoms with E-state index in [2.05, 4.69) is 115 Å². The first-order valence-electron chi connectivity index (χ1n) is 13.4. The first-order valence-corrected chi connectivity index (χ1v) is 13.4. The number of unbranched alkanes of at least 4 members (excludes halogenated alkanes) is 1. The molecule has 184 valence electrons. The van der Waals surface area contributed by atoms with Crippen molar-refractivity contribution in [1.82, 2.24) is 4.90 Å². The van der Waals surface area contributed by atoms with E-state index in [4.69, 9.17) is 0 Å². The van der Waals surface area contributed by atoms with E-state index in [1.165, 1.54) is 59.4 Å². The topological polar surface area (TPSA) is 9.72 Å². The lowest BCUT2D eigenvalue weighted by atomic mass is 9.95. The predicted octanol–water partition coefficient (Wildman–Crippen LogP) is 7.78. The van der Waals surface area contributed by atoms with E-state index in [1.54, 1.807) is 0 Å². The number of aryl methyl sites for hydroxylation is 1. The maximum Gasteiger partial charge on any atom is 0.106 e. The lowest BCUT2D eigenvalue weighted by molar-refractivity contribution is 0.318. The second kappa shape index (κ2) is 12.0. The molecule has 0 unspecified atom stereocenters. The number of rotatable bonds is 6. The van der Waals surface area contributed by atoms with Crippen LogP contribution in [-0.2, 0) is 12.8 Å². The Morgan fingerprint density at radius 1 is 0.743 bits per heavy atom. The number of hydrogen-bond donors (Lipinski definition) is 0. The minimum Gasteiger partial charge on any atom is -0.368 e. The molecule has 3 aromatic rings. The van der Waals surface area contributed by atoms with Gasteiger partial charge >= 0.3 is 0 Å². The van der Waals surface area contributed by atoms with E-state index < -0.39 is 0 Å². The number of nitrogens with zero attached hydrogens (tertiary/aromatic N) is 3. The van der Waals surface area contributed by atoms with E-state index in [1.807, 2.05) is 0 Å². The van der Waals surface area contributed by atoms with Gasteiger partial charge in [0.25, 0.3) is 0 Å². The van der Waals surface area contributed by atoms with Gasteiger partial charge in [-0.3, -0.25) is 4.90 Å². The van der Waals surface area contributed by atoms with Crippen LogP contribution in [0.4, 0.5) is 17.1 Å². The fraction of sp³-hybridized carbons (Fsp3) is 0.375. The molecule has 0 amide bonds. The summed E-state index contributed by atoms with van der Waals surface area (Å²) in [6.07, 6.45) is 5.93. The van der Waals surface area contributed by atoms with Gasteiger partial charge in [0.15, 0.2) is 0 Å². The zero-order valence-corrected chi connectivity index (χ0v) is 21.8. The molecule has 0 aromatic heterocycles. The number of para-hydroxylation sites is 2. The molecule has 35 heavy (non-hydrogen) atoms. The normalized spacial score (nSPS) is 14.5. The van der Waals surface area contributed by atoms with Crippen LogP contribution in [0, 0.1) is 0 Å². The maximum absolute atomic E-state index is 4.57. The smallest absolute Gasteiger partial charge is 0.106 e. The fourth-order valence-electron chi connectivity index (χ4n) is 4.99. The first-order chi connectivity index (χ1) is 17.2. The summed E-state index contributed by atoms with van der Waals surface area (Å²) in [5, 5.41) is 0. The molecule has 0 atom stereocenters. The summed E-state index contributed by atoms with van der Waals surface area (Å²) in [4.78, 5) is 7.32. The molecule has 0 aliphatic carbocycles. The number of hydrogen-bond acceptors (Lipinski definition) is 3. The Bertz CT molecular complexity index is 1050. The van der Waals surface area contributed by atoms with E-state index in [-0.39, 0.29) is 0 Å². The van der Waals surface area contributed by atoms with Gasteiger partial charge in [0.2, 0.25) is 0 Å². The van der Waals surface area contributed by atoms with Gasteiger partial charge < -0.3 is 9.80 Å². The molecule has 0 saturated carbocycles. The monoisotopic (exact) mass is 467 g/mol. The van der Waals surface area contributed by atoms with Crippen molar-refractivity contribution in [3.05, 3.63) is 102 Å². The molecule has 3 heteroatoms. The third-order valence-electron chi connectivity index (χ3n) is 6.87. The van der Waals surface area contributed by atoms with Gasteiger partial charge in [-0.1, -0.05) is 88.7 Å². The maximum atomic E-state index is 4.57. The minimum atomic E-state index is 0.983. The highest BCUT2D eigenvalue weighted by atomic mass is 15.4. The summed E-state index contributed by atoms with van der Waals surface area (Å²) in [7, 11) is 0. The Labute approximate surface area is 212 Å². The SMILES string of the molecule is C=C(N1CCN(c2ccc(CCCC)cc2)CC1)N1c2ccccc2Cc2ccccc21.CCC. The van der Waals surface area contributed by atoms with Gasteiger partial charge in [0.1, 0.15) is 5.82 Å². The Morgan fingerprint density at radius 2 is 1.29 bits per heavy atom. The molecule has 0 N–H and O–H groups in total. The van der Waals surface area contributed by atoms with Gasteiger partial charge in [-0.25, -0.2) is 0 Å². The molecule has 5 rings (SSSR count). The van der Waals surface area contributed by atoms with Crippen LogP contribution < -0.4 is 9.80 Å². The second-order valence-corrected chi connectivity index (χ2v) is 9.64. The molecule has 2 aliphatic heterocycles. The Hall–Kier alpha value is -3.20. The standard InChI is InChI=1S/C29H33N3.C3H8/c1-3-4-9-24-14-16-27(17-15-24)31-20-18-30(19-21-31)23(2)32-28-12-7-5-10-25(28)22-26-11-6-8-13-29(26)32;1-3-2/h5-8,10-17H,2-4,9,18-22H2,1H3;3H2,1-2H3. The average Bonchev–Trinajstić information content (AvgIpc) is 2.91. The van der Waals surface area contributed by atoms with Crippen LogP contribution in [0.5, 0.6) is 0 Å². The summed E-state index contributed by atoms with van der Waals surface area (Å²) in [6.45, 7) is 15.1. The van der Waals surface area contributed by atoms with Gasteiger partial charge in [0, 0.05) is 38.3 Å². The third kappa shape index (κ3) is 5.73. The van der Waals surface area contributed by atoms with Crippen molar-refractivity contribution >= 4 is 17.1 Å². The molecule has 2 heterocycles. The van der Waals surface area contributed by atoms with Crippen molar-refractivity contribution < 1.29 is 0 Å². The highest BCUT2D eigenvalue weighted by molar-refractivity contribution is 5.77. The fourth-order valence-corrected chi connectivity index (χ4v) is 4.99. The Kier molecular flexibility index (Phi) is 8.52. The van der Waals surface area contributed by atoms with Gasteiger partial charge in [-0.2, -0.15) is 0 Å². The number of piperazine rings is 1. The van der Waals surface area contributed by atoms with E-state index >= 15 is 0 Å². The summed E-state index contributed by atoms with van der Waals surface area (Å²) in [5.41, 5.74) is 8.06. The van der Waals surface area contributed by atoms with Crippen LogP contribution in [0.15, 0.2) is 85.2 Å². The van der Waals surface area contributed by atoms with E-state index in [9.17, 15) is 0 Å². The highest BCUT2D eigenvalue weighted by Crippen LogP contribution is 2.41. The quantitative estimate of drug-likeness (QED) is 0.366. The van der Waals surface area contributed by atoms with Crippen molar-refractivity contribution in [3.8, 4) is 0 Å². The van der Waals surface area contributed by atoms with Gasteiger partial charge in [0.05, 0.1) is 11.4 Å². The number of anilines is 3. The van der Waals surface area contributed by atoms with E-state index in [0.29, 0.717) is 0 Å². The largest absolute Gasteiger partial charge is 0.368 e. The zero-order valence-electron chi connectivity index (χ0n) is 21.8. The number of benzene rings is 3. The molecule has 2 aliphatic rings. The Balaban J connectivity index is 0.000000917. The van der Waals surface area contributed by atoms with Crippen molar-refractivity contribution in [2.24, 2.45) is 0 Å². The molecule has 0 spiro atoms. The minimum absolute atomic E-state index is 0.983. The molecule has 3 nitrogen and oxygen atoms in total. The van der Waals surface area contributed by atoms with Crippen molar-refractivity contribution in [2.75, 3.05) is 36.0 Å². The Morgan fingerprint density at radius 3 is 1.83 bits per heavy atom. The molecule has 1 saturated heterocycles. The lowest BCUT2D eigenvalue weighted by Crippen LogP contribution is -2.48. The van der Waals surface area contributed by atoms with Crippen LogP contribution in [-0.4, -0.2) is 31.1 Å². The van der Waals surface area contributed by atoms with Gasteiger partial charge in [-0.15, -0.1) is 0 Å². The third-order valence-corrected chi connectivity index (χ3v) is 6.87. The summed E-state index contributed by atoms with van der Waals surface area (Å²) < 4.78 is 0. The van der Waals surface area contributed by atoms with Crippen LogP contribution in [0.2, 0.25) is 0 Å². The van der Waals surface area contributed by atoms with Crippen molar-refractivity contribution in [3.63, 3.8) is 0 Å². The summed E-state index contributed by atoms with van der Waals surface area (Å²) in [6, 6.07) is 26.7. The molecular formula is C32H41N3. The molecule has 1 fully saturated rings. The van der Waals surface area contributed by atoms with Crippen LogP contribution in [0.1, 0.15) is 56.7 Å². The van der Waals surface area contributed by atoms with Crippen molar-refractivity contribution in [1.29, 1.82) is 0 Å². The van der Waals surface area contributed by atoms with E-state index in [0.717, 1.165) is 38.4 Å². The first kappa shape index (κ1) is 24.9. The zero-order chi connectivity index (χ0) is 24.6. The highest BCUT2D eigenvalue weighted by Gasteiger charge is 2.28. The lowest BCUT2D eigenvalue weighted by Gasteiger charge is -2.43. The van der Waals surface area contributed by atoms with Crippen molar-refractivity contribution in [2.45, 2.75) is 52.9 Å². The molecular weight excluding hydrogens is 426 g/mol.